The number of amides is 2. The Hall–Kier alpha value is -2.47. The third kappa shape index (κ3) is 4.87. The lowest BCUT2D eigenvalue weighted by Gasteiger charge is -2.17. The molecule has 2 amide bonds. The maximum Gasteiger partial charge on any atom is 0.317 e. The lowest BCUT2D eigenvalue weighted by molar-refractivity contribution is -0.145. The molecule has 1 aliphatic rings. The van der Waals surface area contributed by atoms with Gasteiger partial charge >= 0.3 is 12.0 Å². The maximum atomic E-state index is 12.7. The standard InChI is InChI=1S/C22H26N2O3S/c1-3-28-18-11-9-16(10-12-18)13-23-22(26)24-14-19(17-7-5-4-6-8-17)20(15-24)21(25)27-2/h4-12,19-20H,3,13-15H2,1-2H3,(H,23,26)/t19-,20+/m1/s1. The number of rotatable bonds is 6. The minimum absolute atomic E-state index is 0.0512. The summed E-state index contributed by atoms with van der Waals surface area (Å²) < 4.78 is 4.97. The molecule has 2 aromatic carbocycles. The van der Waals surface area contributed by atoms with Crippen LogP contribution in [-0.2, 0) is 16.1 Å². The van der Waals surface area contributed by atoms with Gasteiger partial charge in [-0.25, -0.2) is 4.79 Å². The lowest BCUT2D eigenvalue weighted by atomic mass is 9.89. The highest BCUT2D eigenvalue weighted by molar-refractivity contribution is 7.99. The van der Waals surface area contributed by atoms with E-state index in [4.69, 9.17) is 4.74 Å². The molecular formula is C22H26N2O3S. The molecule has 28 heavy (non-hydrogen) atoms. The van der Waals surface area contributed by atoms with Gasteiger partial charge in [0, 0.05) is 30.4 Å². The lowest BCUT2D eigenvalue weighted by Crippen LogP contribution is -2.38. The van der Waals surface area contributed by atoms with Gasteiger partial charge in [-0.05, 0) is 29.0 Å². The van der Waals surface area contributed by atoms with Gasteiger partial charge in [0.25, 0.3) is 0 Å². The molecule has 1 saturated heterocycles. The first kappa shape index (κ1) is 20.3. The van der Waals surface area contributed by atoms with Crippen LogP contribution in [0.4, 0.5) is 4.79 Å². The summed E-state index contributed by atoms with van der Waals surface area (Å²) in [6.45, 7) is 3.45. The van der Waals surface area contributed by atoms with Gasteiger partial charge in [0.05, 0.1) is 13.0 Å². The van der Waals surface area contributed by atoms with Crippen LogP contribution >= 0.6 is 11.8 Å². The molecule has 1 N–H and O–H groups in total. The second-order valence-corrected chi connectivity index (χ2v) is 8.12. The highest BCUT2D eigenvalue weighted by Gasteiger charge is 2.41. The van der Waals surface area contributed by atoms with Crippen molar-refractivity contribution in [2.75, 3.05) is 26.0 Å². The fourth-order valence-corrected chi connectivity index (χ4v) is 4.22. The number of hydrogen-bond donors (Lipinski definition) is 1. The van der Waals surface area contributed by atoms with Crippen molar-refractivity contribution < 1.29 is 14.3 Å². The first-order valence-electron chi connectivity index (χ1n) is 9.49. The average molecular weight is 399 g/mol. The van der Waals surface area contributed by atoms with Crippen molar-refractivity contribution in [3.8, 4) is 0 Å². The third-order valence-electron chi connectivity index (χ3n) is 5.02. The van der Waals surface area contributed by atoms with Crippen LogP contribution in [0.3, 0.4) is 0 Å². The van der Waals surface area contributed by atoms with E-state index in [2.05, 4.69) is 24.4 Å². The molecule has 1 fully saturated rings. The topological polar surface area (TPSA) is 58.6 Å². The summed E-state index contributed by atoms with van der Waals surface area (Å²) in [6, 6.07) is 17.9. The van der Waals surface area contributed by atoms with Crippen LogP contribution in [0, 0.1) is 5.92 Å². The summed E-state index contributed by atoms with van der Waals surface area (Å²) in [6.07, 6.45) is 0. The molecule has 0 bridgehead atoms. The number of urea groups is 1. The molecule has 6 heteroatoms. The maximum absolute atomic E-state index is 12.7. The Morgan fingerprint density at radius 2 is 1.82 bits per heavy atom. The normalized spacial score (nSPS) is 18.7. The van der Waals surface area contributed by atoms with Crippen molar-refractivity contribution in [1.82, 2.24) is 10.2 Å². The van der Waals surface area contributed by atoms with E-state index in [0.29, 0.717) is 19.6 Å². The number of methoxy groups -OCH3 is 1. The number of ether oxygens (including phenoxy) is 1. The third-order valence-corrected chi connectivity index (χ3v) is 5.91. The summed E-state index contributed by atoms with van der Waals surface area (Å²) >= 11 is 1.79. The van der Waals surface area contributed by atoms with E-state index in [-0.39, 0.29) is 23.8 Å². The van der Waals surface area contributed by atoms with Gasteiger partial charge in [0.15, 0.2) is 0 Å². The van der Waals surface area contributed by atoms with Gasteiger partial charge in [0.2, 0.25) is 0 Å². The van der Waals surface area contributed by atoms with Crippen LogP contribution in [0.1, 0.15) is 24.0 Å². The van der Waals surface area contributed by atoms with Crippen molar-refractivity contribution in [2.45, 2.75) is 24.3 Å². The van der Waals surface area contributed by atoms with E-state index < -0.39 is 0 Å². The highest BCUT2D eigenvalue weighted by Crippen LogP contribution is 2.33. The van der Waals surface area contributed by atoms with Crippen molar-refractivity contribution >= 4 is 23.8 Å². The molecule has 1 heterocycles. The molecule has 1 aliphatic heterocycles. The molecule has 148 valence electrons. The van der Waals surface area contributed by atoms with Crippen molar-refractivity contribution in [3.05, 3.63) is 65.7 Å². The SMILES string of the molecule is CCSc1ccc(CNC(=O)N2C[C@H](C(=O)OC)[C@@H](c3ccccc3)C2)cc1. The number of carbonyl (C=O) groups is 2. The Morgan fingerprint density at radius 3 is 2.46 bits per heavy atom. The number of likely N-dealkylation sites (tertiary alicyclic amines) is 1. The largest absolute Gasteiger partial charge is 0.469 e. The first-order chi connectivity index (χ1) is 13.6. The highest BCUT2D eigenvalue weighted by atomic mass is 32.2. The minimum atomic E-state index is -0.344. The Labute approximate surface area is 170 Å². The zero-order valence-corrected chi connectivity index (χ0v) is 17.1. The predicted octanol–water partition coefficient (Wildman–Crippen LogP) is 3.90. The van der Waals surface area contributed by atoms with Gasteiger partial charge in [-0.1, -0.05) is 49.4 Å². The fraction of sp³-hybridized carbons (Fsp3) is 0.364. The van der Waals surface area contributed by atoms with E-state index in [1.807, 2.05) is 42.5 Å². The number of carbonyl (C=O) groups excluding carboxylic acids is 2. The number of nitrogens with one attached hydrogen (secondary N) is 1. The summed E-state index contributed by atoms with van der Waals surface area (Å²) in [4.78, 5) is 27.9. The zero-order valence-electron chi connectivity index (χ0n) is 16.3. The molecule has 0 radical (unpaired) electrons. The monoisotopic (exact) mass is 398 g/mol. The van der Waals surface area contributed by atoms with Gasteiger partial charge in [-0.3, -0.25) is 4.79 Å². The Morgan fingerprint density at radius 1 is 1.11 bits per heavy atom. The molecule has 0 saturated carbocycles. The van der Waals surface area contributed by atoms with Gasteiger partial charge in [0.1, 0.15) is 0 Å². The van der Waals surface area contributed by atoms with Crippen molar-refractivity contribution in [3.63, 3.8) is 0 Å². The van der Waals surface area contributed by atoms with E-state index in [0.717, 1.165) is 16.9 Å². The summed E-state index contributed by atoms with van der Waals surface area (Å²) in [5, 5.41) is 2.97. The summed E-state index contributed by atoms with van der Waals surface area (Å²) in [7, 11) is 1.40. The van der Waals surface area contributed by atoms with Gasteiger partial charge < -0.3 is 15.0 Å². The number of nitrogens with zero attached hydrogens (tertiary/aromatic N) is 1. The molecule has 0 spiro atoms. The number of esters is 1. The molecule has 0 aliphatic carbocycles. The van der Waals surface area contributed by atoms with Crippen LogP contribution in [0.15, 0.2) is 59.5 Å². The van der Waals surface area contributed by atoms with E-state index in [1.165, 1.54) is 12.0 Å². The minimum Gasteiger partial charge on any atom is -0.469 e. The zero-order chi connectivity index (χ0) is 19.9. The Bertz CT molecular complexity index is 795. The van der Waals surface area contributed by atoms with Gasteiger partial charge in [-0.15, -0.1) is 11.8 Å². The fourth-order valence-electron chi connectivity index (χ4n) is 3.56. The van der Waals surface area contributed by atoms with Crippen LogP contribution < -0.4 is 5.32 Å². The molecule has 3 rings (SSSR count). The van der Waals surface area contributed by atoms with Crippen LogP contribution in [0.5, 0.6) is 0 Å². The van der Waals surface area contributed by atoms with Crippen molar-refractivity contribution in [1.29, 1.82) is 0 Å². The molecule has 5 nitrogen and oxygen atoms in total. The smallest absolute Gasteiger partial charge is 0.317 e. The quantitative estimate of drug-likeness (QED) is 0.592. The average Bonchev–Trinajstić information content (AvgIpc) is 3.19. The van der Waals surface area contributed by atoms with Crippen molar-refractivity contribution in [2.24, 2.45) is 5.92 Å². The number of hydrogen-bond acceptors (Lipinski definition) is 4. The number of thioether (sulfide) groups is 1. The summed E-state index contributed by atoms with van der Waals surface area (Å²) in [5.41, 5.74) is 2.11. The predicted molar refractivity (Wildman–Crippen MR) is 111 cm³/mol. The van der Waals surface area contributed by atoms with E-state index in [9.17, 15) is 9.59 Å². The molecule has 0 aromatic heterocycles. The molecular weight excluding hydrogens is 372 g/mol. The van der Waals surface area contributed by atoms with Crippen LogP contribution in [0.25, 0.3) is 0 Å². The molecule has 2 atom stereocenters. The van der Waals surface area contributed by atoms with Crippen LogP contribution in [-0.4, -0.2) is 42.9 Å². The summed E-state index contributed by atoms with van der Waals surface area (Å²) in [5.74, 6) is 0.371. The molecule has 0 unspecified atom stereocenters. The number of benzene rings is 2. The Kier molecular flexibility index (Phi) is 6.98. The first-order valence-corrected chi connectivity index (χ1v) is 10.5. The second kappa shape index (κ2) is 9.64. The van der Waals surface area contributed by atoms with E-state index >= 15 is 0 Å². The molecule has 2 aromatic rings. The van der Waals surface area contributed by atoms with E-state index in [1.54, 1.807) is 16.7 Å². The van der Waals surface area contributed by atoms with Gasteiger partial charge in [-0.2, -0.15) is 0 Å². The van der Waals surface area contributed by atoms with Crippen LogP contribution in [0.2, 0.25) is 0 Å². The second-order valence-electron chi connectivity index (χ2n) is 6.79. The Balaban J connectivity index is 1.62.